The van der Waals surface area contributed by atoms with Crippen LogP contribution in [-0.2, 0) is 9.47 Å². The number of hydrogen-bond donors (Lipinski definition) is 2. The number of likely N-dealkylation sites (tertiary alicyclic amines) is 1. The molecule has 0 aromatic rings. The number of hydrogen-bond acceptors (Lipinski definition) is 4. The summed E-state index contributed by atoms with van der Waals surface area (Å²) in [4.78, 5) is 18.5. The molecule has 1 amide bonds. The number of amides is 1. The summed E-state index contributed by atoms with van der Waals surface area (Å²) in [6.45, 7) is 8.68. The van der Waals surface area contributed by atoms with Crippen molar-refractivity contribution < 1.29 is 14.3 Å². The van der Waals surface area contributed by atoms with Gasteiger partial charge in [-0.05, 0) is 40.0 Å². The summed E-state index contributed by atoms with van der Waals surface area (Å²) in [5, 5.41) is 6.34. The molecule has 1 heterocycles. The van der Waals surface area contributed by atoms with E-state index < -0.39 is 5.60 Å². The van der Waals surface area contributed by atoms with Gasteiger partial charge in [0.05, 0.1) is 18.8 Å². The fourth-order valence-corrected chi connectivity index (χ4v) is 3.67. The maximum atomic E-state index is 11.9. The number of halogens is 1. The van der Waals surface area contributed by atoms with Crippen LogP contribution in [0.25, 0.3) is 0 Å². The Morgan fingerprint density at radius 2 is 1.82 bits per heavy atom. The lowest BCUT2D eigenvalue weighted by molar-refractivity contribution is 0.0466. The van der Waals surface area contributed by atoms with E-state index in [0.717, 1.165) is 32.0 Å². The van der Waals surface area contributed by atoms with Gasteiger partial charge in [0.15, 0.2) is 5.96 Å². The second-order valence-corrected chi connectivity index (χ2v) is 8.54. The number of nitrogens with one attached hydrogen (secondary N) is 2. The standard InChI is InChI=1S/C20H38N4O3.HI/c1-20(2,3)27-19(25)23-16-11-13-24(15-16)18(21-4)22-12-14-26-17-9-7-5-6-8-10-17;/h16-17H,5-15H2,1-4H3,(H,21,22)(H,23,25);1H. The minimum absolute atomic E-state index is 0. The Bertz CT molecular complexity index is 488. The van der Waals surface area contributed by atoms with Gasteiger partial charge in [-0.1, -0.05) is 25.7 Å². The van der Waals surface area contributed by atoms with Gasteiger partial charge in [-0.2, -0.15) is 0 Å². The van der Waals surface area contributed by atoms with Crippen molar-refractivity contribution in [1.29, 1.82) is 0 Å². The van der Waals surface area contributed by atoms with E-state index >= 15 is 0 Å². The monoisotopic (exact) mass is 510 g/mol. The topological polar surface area (TPSA) is 75.2 Å². The van der Waals surface area contributed by atoms with E-state index in [1.807, 2.05) is 20.8 Å². The van der Waals surface area contributed by atoms with Crippen LogP contribution >= 0.6 is 24.0 Å². The summed E-state index contributed by atoms with van der Waals surface area (Å²) in [5.74, 6) is 0.868. The Morgan fingerprint density at radius 3 is 2.43 bits per heavy atom. The highest BCUT2D eigenvalue weighted by Gasteiger charge is 2.27. The first-order valence-electron chi connectivity index (χ1n) is 10.4. The Balaban J connectivity index is 0.00000392. The Labute approximate surface area is 187 Å². The zero-order chi connectivity index (χ0) is 19.7. The third-order valence-electron chi connectivity index (χ3n) is 4.96. The molecule has 0 radical (unpaired) electrons. The highest BCUT2D eigenvalue weighted by molar-refractivity contribution is 14.0. The van der Waals surface area contributed by atoms with Crippen molar-refractivity contribution in [2.75, 3.05) is 33.3 Å². The van der Waals surface area contributed by atoms with Gasteiger partial charge in [0.1, 0.15) is 5.60 Å². The fraction of sp³-hybridized carbons (Fsp3) is 0.900. The molecule has 1 saturated carbocycles. The molecule has 1 unspecified atom stereocenters. The minimum Gasteiger partial charge on any atom is -0.444 e. The maximum Gasteiger partial charge on any atom is 0.407 e. The molecule has 0 aromatic heterocycles. The zero-order valence-electron chi connectivity index (χ0n) is 18.0. The first-order valence-corrected chi connectivity index (χ1v) is 10.4. The predicted molar refractivity (Wildman–Crippen MR) is 124 cm³/mol. The molecule has 164 valence electrons. The van der Waals surface area contributed by atoms with Crippen molar-refractivity contribution in [3.8, 4) is 0 Å². The highest BCUT2D eigenvalue weighted by atomic mass is 127. The lowest BCUT2D eigenvalue weighted by atomic mass is 10.1. The van der Waals surface area contributed by atoms with Crippen LogP contribution in [0.3, 0.4) is 0 Å². The van der Waals surface area contributed by atoms with Crippen molar-refractivity contribution in [2.45, 2.75) is 83.5 Å². The molecule has 7 nitrogen and oxygen atoms in total. The van der Waals surface area contributed by atoms with Gasteiger partial charge >= 0.3 is 6.09 Å². The van der Waals surface area contributed by atoms with E-state index in [1.54, 1.807) is 7.05 Å². The number of carbonyl (C=O) groups is 1. The van der Waals surface area contributed by atoms with E-state index in [1.165, 1.54) is 38.5 Å². The van der Waals surface area contributed by atoms with E-state index in [2.05, 4.69) is 20.5 Å². The van der Waals surface area contributed by atoms with E-state index in [4.69, 9.17) is 9.47 Å². The first kappa shape index (κ1) is 25.3. The average molecular weight is 510 g/mol. The van der Waals surface area contributed by atoms with Gasteiger partial charge in [-0.25, -0.2) is 4.79 Å². The largest absolute Gasteiger partial charge is 0.444 e. The maximum absolute atomic E-state index is 11.9. The van der Waals surface area contributed by atoms with Crippen molar-refractivity contribution in [2.24, 2.45) is 4.99 Å². The number of carbonyl (C=O) groups excluding carboxylic acids is 1. The first-order chi connectivity index (χ1) is 12.9. The third-order valence-corrected chi connectivity index (χ3v) is 4.96. The van der Waals surface area contributed by atoms with Gasteiger partial charge in [0, 0.05) is 26.7 Å². The van der Waals surface area contributed by atoms with Crippen molar-refractivity contribution in [3.05, 3.63) is 0 Å². The van der Waals surface area contributed by atoms with Crippen LogP contribution in [0.15, 0.2) is 4.99 Å². The molecular formula is C20H39IN4O3. The fourth-order valence-electron chi connectivity index (χ4n) is 3.67. The van der Waals surface area contributed by atoms with Crippen LogP contribution in [0.1, 0.15) is 65.7 Å². The van der Waals surface area contributed by atoms with Crippen LogP contribution in [0.5, 0.6) is 0 Å². The molecular weight excluding hydrogens is 471 g/mol. The second kappa shape index (κ2) is 12.7. The number of alkyl carbamates (subject to hydrolysis) is 1. The summed E-state index contributed by atoms with van der Waals surface area (Å²) in [5.41, 5.74) is -0.475. The quantitative estimate of drug-likeness (QED) is 0.195. The molecule has 1 aliphatic heterocycles. The molecule has 1 aliphatic carbocycles. The molecule has 2 aliphatic rings. The van der Waals surface area contributed by atoms with Gasteiger partial charge in [-0.15, -0.1) is 24.0 Å². The molecule has 8 heteroatoms. The Morgan fingerprint density at radius 1 is 1.14 bits per heavy atom. The number of guanidine groups is 1. The molecule has 2 N–H and O–H groups in total. The lowest BCUT2D eigenvalue weighted by Gasteiger charge is -2.23. The van der Waals surface area contributed by atoms with Crippen molar-refractivity contribution in [3.63, 3.8) is 0 Å². The number of aliphatic imine (C=N–C) groups is 1. The number of rotatable bonds is 5. The zero-order valence-corrected chi connectivity index (χ0v) is 20.3. The van der Waals surface area contributed by atoms with E-state index in [0.29, 0.717) is 12.7 Å². The third kappa shape index (κ3) is 9.62. The van der Waals surface area contributed by atoms with Crippen LogP contribution in [0, 0.1) is 0 Å². The van der Waals surface area contributed by atoms with Gasteiger partial charge in [-0.3, -0.25) is 4.99 Å². The number of ether oxygens (including phenoxy) is 2. The number of nitrogens with zero attached hydrogens (tertiary/aromatic N) is 2. The normalized spacial score (nSPS) is 21.6. The molecule has 2 rings (SSSR count). The van der Waals surface area contributed by atoms with Crippen LogP contribution in [0.4, 0.5) is 4.79 Å². The van der Waals surface area contributed by atoms with Crippen LogP contribution in [-0.4, -0.2) is 68.0 Å². The summed E-state index contributed by atoms with van der Waals surface area (Å²) < 4.78 is 11.4. The van der Waals surface area contributed by atoms with E-state index in [9.17, 15) is 4.79 Å². The van der Waals surface area contributed by atoms with Crippen LogP contribution < -0.4 is 10.6 Å². The predicted octanol–water partition coefficient (Wildman–Crippen LogP) is 3.52. The average Bonchev–Trinajstić information content (AvgIpc) is 2.88. The summed E-state index contributed by atoms with van der Waals surface area (Å²) in [6, 6.07) is 0.0839. The smallest absolute Gasteiger partial charge is 0.407 e. The molecule has 1 saturated heterocycles. The Hall–Kier alpha value is -0.770. The molecule has 0 bridgehead atoms. The van der Waals surface area contributed by atoms with Crippen LogP contribution in [0.2, 0.25) is 0 Å². The second-order valence-electron chi connectivity index (χ2n) is 8.54. The minimum atomic E-state index is -0.475. The van der Waals surface area contributed by atoms with Gasteiger partial charge in [0.2, 0.25) is 0 Å². The highest BCUT2D eigenvalue weighted by Crippen LogP contribution is 2.19. The lowest BCUT2D eigenvalue weighted by Crippen LogP contribution is -2.44. The Kier molecular flexibility index (Phi) is 11.5. The SMILES string of the molecule is CN=C(NCCOC1CCCCCC1)N1CCC(NC(=O)OC(C)(C)C)C1.I. The molecule has 0 spiro atoms. The van der Waals surface area contributed by atoms with Crippen molar-refractivity contribution in [1.82, 2.24) is 15.5 Å². The van der Waals surface area contributed by atoms with Gasteiger partial charge in [0.25, 0.3) is 0 Å². The molecule has 0 aromatic carbocycles. The van der Waals surface area contributed by atoms with E-state index in [-0.39, 0.29) is 36.1 Å². The molecule has 2 fully saturated rings. The van der Waals surface area contributed by atoms with Crippen molar-refractivity contribution >= 4 is 36.0 Å². The molecule has 1 atom stereocenters. The summed E-state index contributed by atoms with van der Waals surface area (Å²) >= 11 is 0. The molecule has 28 heavy (non-hydrogen) atoms. The summed E-state index contributed by atoms with van der Waals surface area (Å²) in [7, 11) is 1.79. The van der Waals surface area contributed by atoms with Gasteiger partial charge < -0.3 is 25.0 Å². The summed E-state index contributed by atoms with van der Waals surface area (Å²) in [6.07, 6.45) is 8.62.